The van der Waals surface area contributed by atoms with Gasteiger partial charge in [-0.25, -0.2) is 0 Å². The van der Waals surface area contributed by atoms with Gasteiger partial charge in [-0.15, -0.1) is 0 Å². The number of aliphatic hydroxyl groups is 1. The van der Waals surface area contributed by atoms with Crippen LogP contribution < -0.4 is 0 Å². The molecule has 0 aliphatic heterocycles. The van der Waals surface area contributed by atoms with Crippen LogP contribution in [0.25, 0.3) is 0 Å². The molecule has 1 N–H and O–H groups in total. The number of hydrogen-bond donors (Lipinski definition) is 1. The van der Waals surface area contributed by atoms with Crippen molar-refractivity contribution in [2.75, 3.05) is 68.6 Å². The van der Waals surface area contributed by atoms with Gasteiger partial charge in [0.25, 0.3) is 0 Å². The van der Waals surface area contributed by atoms with Crippen LogP contribution in [0.4, 0.5) is 0 Å². The zero-order chi connectivity index (χ0) is 61.1. The number of carbonyl (C=O) groups excluding carboxylic acids is 6. The summed E-state index contributed by atoms with van der Waals surface area (Å²) in [7, 11) is 12.2. The number of rotatable bonds is 56. The van der Waals surface area contributed by atoms with Crippen LogP contribution in [-0.4, -0.2) is 143 Å². The second-order valence-corrected chi connectivity index (χ2v) is 25.1. The Balaban J connectivity index is 4.68. The van der Waals surface area contributed by atoms with Crippen molar-refractivity contribution in [1.29, 1.82) is 0 Å². The molecule has 5 unspecified atom stereocenters. The Morgan fingerprint density at radius 3 is 1.18 bits per heavy atom. The molecule has 0 rings (SSSR count). The summed E-state index contributed by atoms with van der Waals surface area (Å²) in [6.45, 7) is 10.8. The minimum absolute atomic E-state index is 0.105. The van der Waals surface area contributed by atoms with Crippen LogP contribution in [0.3, 0.4) is 0 Å². The van der Waals surface area contributed by atoms with Crippen molar-refractivity contribution >= 4 is 35.8 Å². The summed E-state index contributed by atoms with van der Waals surface area (Å²) < 4.78 is 35.2. The first-order chi connectivity index (χ1) is 39.2. The van der Waals surface area contributed by atoms with E-state index in [-0.39, 0.29) is 67.6 Å². The van der Waals surface area contributed by atoms with E-state index in [9.17, 15) is 33.9 Å². The second-order valence-electron chi connectivity index (χ2n) is 25.1. The van der Waals surface area contributed by atoms with Crippen molar-refractivity contribution in [3.05, 3.63) is 24.3 Å². The van der Waals surface area contributed by atoms with Gasteiger partial charge in [0.2, 0.25) is 6.29 Å². The molecule has 15 heteroatoms. The number of hydrogen-bond acceptors (Lipinski definition) is 13. The zero-order valence-electron chi connectivity index (χ0n) is 54.1. The molecule has 0 amide bonds. The number of unbranched alkanes of at least 4 members (excludes halogenated alkanes) is 20. The number of nitrogens with zero attached hydrogens (tertiary/aromatic N) is 2. The first-order valence-electron chi connectivity index (χ1n) is 32.9. The first kappa shape index (κ1) is 78.2. The monoisotopic (exact) mass is 1160 g/mol. The molecule has 5 atom stereocenters. The van der Waals surface area contributed by atoms with Crippen molar-refractivity contribution in [1.82, 2.24) is 0 Å². The maximum absolute atomic E-state index is 13.0. The summed E-state index contributed by atoms with van der Waals surface area (Å²) in [6.07, 6.45) is 36.6. The Hall–Kier alpha value is -3.82. The molecule has 0 spiro atoms. The third kappa shape index (κ3) is 51.8. The highest BCUT2D eigenvalue weighted by Crippen LogP contribution is 2.22. The quantitative estimate of drug-likeness (QED) is 0.0152. The SMILES string of the molecule is CCCCCCCCCC(OC(=O)CCCCCCC/C=C\CC(C)C(CCCCC)OC(=O)CCCC(=O)OCC[N+](C)(C)C)OC(=O)CCCCCCC/C=C\CC(O)C(CCCCC)OC(=O)CCCC(=O)OCC[N+](C)(C)C. The Kier molecular flexibility index (Phi) is 49.2. The predicted octanol–water partition coefficient (Wildman–Crippen LogP) is 14.7. The Bertz CT molecular complexity index is 1580. The van der Waals surface area contributed by atoms with Crippen molar-refractivity contribution < 1.29 is 71.3 Å². The summed E-state index contributed by atoms with van der Waals surface area (Å²) in [5.74, 6) is -1.67. The minimum atomic E-state index is -0.844. The molecular formula is C67H124N2O13+2. The lowest BCUT2D eigenvalue weighted by Crippen LogP contribution is -2.38. The normalized spacial score (nSPS) is 13.8. The molecule has 0 radical (unpaired) electrons. The van der Waals surface area contributed by atoms with E-state index in [1.165, 1.54) is 25.7 Å². The average molecular weight is 1170 g/mol. The van der Waals surface area contributed by atoms with Crippen molar-refractivity contribution in [2.24, 2.45) is 5.92 Å². The van der Waals surface area contributed by atoms with Crippen molar-refractivity contribution in [3.8, 4) is 0 Å². The van der Waals surface area contributed by atoms with Gasteiger partial charge in [0.1, 0.15) is 38.5 Å². The van der Waals surface area contributed by atoms with Crippen LogP contribution in [-0.2, 0) is 57.2 Å². The van der Waals surface area contributed by atoms with Gasteiger partial charge < -0.3 is 42.5 Å². The van der Waals surface area contributed by atoms with Crippen LogP contribution in [0.1, 0.15) is 272 Å². The highest BCUT2D eigenvalue weighted by atomic mass is 16.7. The van der Waals surface area contributed by atoms with Crippen LogP contribution in [0.5, 0.6) is 0 Å². The molecule has 0 heterocycles. The Morgan fingerprint density at radius 2 is 0.720 bits per heavy atom. The number of allylic oxidation sites excluding steroid dienone is 3. The van der Waals surface area contributed by atoms with E-state index in [1.807, 2.05) is 48.4 Å². The smallest absolute Gasteiger partial charge is 0.308 e. The average Bonchev–Trinajstić information content (AvgIpc) is 3.41. The fraction of sp³-hybridized carbons (Fsp3) is 0.851. The highest BCUT2D eigenvalue weighted by molar-refractivity contribution is 5.73. The topological polar surface area (TPSA) is 178 Å². The molecule has 0 aliphatic carbocycles. The molecule has 0 saturated carbocycles. The largest absolute Gasteiger partial charge is 0.462 e. The lowest BCUT2D eigenvalue weighted by atomic mass is 9.95. The third-order valence-electron chi connectivity index (χ3n) is 14.7. The van der Waals surface area contributed by atoms with Gasteiger partial charge in [-0.05, 0) is 102 Å². The van der Waals surface area contributed by atoms with Gasteiger partial charge >= 0.3 is 35.8 Å². The van der Waals surface area contributed by atoms with E-state index in [0.717, 1.165) is 152 Å². The maximum Gasteiger partial charge on any atom is 0.308 e. The molecule has 0 saturated heterocycles. The number of carbonyl (C=O) groups is 6. The molecule has 0 aromatic heterocycles. The lowest BCUT2D eigenvalue weighted by Gasteiger charge is -2.24. The molecule has 82 heavy (non-hydrogen) atoms. The Labute approximate surface area is 500 Å². The van der Waals surface area contributed by atoms with Crippen LogP contribution in [0, 0.1) is 5.92 Å². The fourth-order valence-electron chi connectivity index (χ4n) is 9.23. The van der Waals surface area contributed by atoms with Gasteiger partial charge in [0, 0.05) is 44.9 Å². The van der Waals surface area contributed by atoms with E-state index in [1.54, 1.807) is 0 Å². The van der Waals surface area contributed by atoms with E-state index in [2.05, 4.69) is 45.9 Å². The highest BCUT2D eigenvalue weighted by Gasteiger charge is 2.24. The van der Waals surface area contributed by atoms with Crippen LogP contribution >= 0.6 is 0 Å². The van der Waals surface area contributed by atoms with Crippen LogP contribution in [0.2, 0.25) is 0 Å². The van der Waals surface area contributed by atoms with Gasteiger partial charge in [0.15, 0.2) is 0 Å². The molecule has 478 valence electrons. The van der Waals surface area contributed by atoms with Crippen molar-refractivity contribution in [3.63, 3.8) is 0 Å². The maximum atomic E-state index is 13.0. The zero-order valence-corrected chi connectivity index (χ0v) is 54.1. The molecule has 0 fully saturated rings. The number of quaternary nitrogens is 2. The van der Waals surface area contributed by atoms with Gasteiger partial charge in [-0.1, -0.05) is 155 Å². The molecule has 0 bridgehead atoms. The van der Waals surface area contributed by atoms with E-state index < -0.39 is 24.5 Å². The summed E-state index contributed by atoms with van der Waals surface area (Å²) in [6, 6.07) is 0. The number of esters is 6. The third-order valence-corrected chi connectivity index (χ3v) is 14.7. The summed E-state index contributed by atoms with van der Waals surface area (Å²) in [5, 5.41) is 11.0. The summed E-state index contributed by atoms with van der Waals surface area (Å²) in [5.41, 5.74) is 0. The van der Waals surface area contributed by atoms with E-state index in [0.29, 0.717) is 75.6 Å². The summed E-state index contributed by atoms with van der Waals surface area (Å²) in [4.78, 5) is 75.5. The standard InChI is InChI=1S/C67H124N2O13/c1-11-14-17-18-23-32-39-52-67(81-65(75)46-37-30-26-21-19-24-28-35-42-57(4)59(44-33-15-12-2)79-63(73)50-40-48-61(71)77-55-53-68(5,6)7)82-66(76)47-38-31-27-22-20-25-29-36-43-58(70)60(45-34-16-13-3)80-64(74)51-41-49-62(72)78-56-54-69(8,9)10/h28-29,35-36,57-60,67,70H,11-27,30-34,37-56H2,1-10H3/q+2/b35-28-,36-29-. The first-order valence-corrected chi connectivity index (χ1v) is 32.9. The number of likely N-dealkylation sites (N-methyl/N-ethyl adjacent to an activating group) is 2. The minimum Gasteiger partial charge on any atom is -0.462 e. The molecule has 15 nitrogen and oxygen atoms in total. The van der Waals surface area contributed by atoms with Crippen LogP contribution in [0.15, 0.2) is 24.3 Å². The summed E-state index contributed by atoms with van der Waals surface area (Å²) >= 11 is 0. The fourth-order valence-corrected chi connectivity index (χ4v) is 9.23. The number of ether oxygens (including phenoxy) is 6. The van der Waals surface area contributed by atoms with Gasteiger partial charge in [0.05, 0.1) is 48.4 Å². The molecular weight excluding hydrogens is 1040 g/mol. The number of aliphatic hydroxyl groups excluding tert-OH is 1. The van der Waals surface area contributed by atoms with E-state index in [4.69, 9.17) is 28.4 Å². The molecule has 0 aliphatic rings. The Morgan fingerprint density at radius 1 is 0.378 bits per heavy atom. The van der Waals surface area contributed by atoms with Gasteiger partial charge in [-0.2, -0.15) is 0 Å². The molecule has 0 aromatic carbocycles. The van der Waals surface area contributed by atoms with Crippen molar-refractivity contribution in [2.45, 2.75) is 296 Å². The predicted molar refractivity (Wildman–Crippen MR) is 329 cm³/mol. The molecule has 0 aromatic rings. The second kappa shape index (κ2) is 51.6. The van der Waals surface area contributed by atoms with E-state index >= 15 is 0 Å². The lowest BCUT2D eigenvalue weighted by molar-refractivity contribution is -0.870. The van der Waals surface area contributed by atoms with Gasteiger partial charge in [-0.3, -0.25) is 28.8 Å².